The Balaban J connectivity index is 0.000000379. The molecule has 2 aliphatic rings. The van der Waals surface area contributed by atoms with Crippen LogP contribution >= 0.6 is 0 Å². The molecular formula is C23H25F9N4O8. The zero-order valence-electron chi connectivity index (χ0n) is 22.3. The summed E-state index contributed by atoms with van der Waals surface area (Å²) in [5.41, 5.74) is 1.23. The predicted octanol–water partition coefficient (Wildman–Crippen LogP) is 3.53. The van der Waals surface area contributed by atoms with E-state index in [9.17, 15) is 39.5 Å². The van der Waals surface area contributed by atoms with E-state index in [2.05, 4.69) is 21.2 Å². The first-order valence-corrected chi connectivity index (χ1v) is 11.9. The van der Waals surface area contributed by atoms with Crippen LogP contribution in [-0.2, 0) is 32.7 Å². The molecule has 3 N–H and O–H groups in total. The van der Waals surface area contributed by atoms with Crippen molar-refractivity contribution in [2.45, 2.75) is 56.2 Å². The zero-order valence-corrected chi connectivity index (χ0v) is 22.3. The third-order valence-electron chi connectivity index (χ3n) is 5.37. The number of ether oxygens (including phenoxy) is 2. The molecule has 2 aliphatic heterocycles. The third kappa shape index (κ3) is 13.4. The first-order chi connectivity index (χ1) is 20.1. The van der Waals surface area contributed by atoms with Crippen molar-refractivity contribution in [1.82, 2.24) is 19.7 Å². The second-order valence-electron chi connectivity index (χ2n) is 8.73. The van der Waals surface area contributed by atoms with Gasteiger partial charge in [-0.1, -0.05) is 6.07 Å². The van der Waals surface area contributed by atoms with Gasteiger partial charge in [0.1, 0.15) is 12.2 Å². The molecule has 248 valence electrons. The molecule has 0 aromatic carbocycles. The number of carboxylic acids is 3. The quantitative estimate of drug-likeness (QED) is 0.413. The molecule has 4 heterocycles. The number of hydrogen-bond donors (Lipinski definition) is 3. The summed E-state index contributed by atoms with van der Waals surface area (Å²) in [5, 5.41) is 25.6. The largest absolute Gasteiger partial charge is 0.490 e. The van der Waals surface area contributed by atoms with Gasteiger partial charge in [-0.25, -0.2) is 19.4 Å². The van der Waals surface area contributed by atoms with E-state index in [1.54, 1.807) is 6.20 Å². The Morgan fingerprint density at radius 2 is 1.48 bits per heavy atom. The Kier molecular flexibility index (Phi) is 13.8. The van der Waals surface area contributed by atoms with Crippen LogP contribution in [0.25, 0.3) is 0 Å². The fraction of sp³-hybridized carbons (Fsp3) is 0.522. The summed E-state index contributed by atoms with van der Waals surface area (Å²) in [6.07, 6.45) is -7.04. The van der Waals surface area contributed by atoms with Crippen molar-refractivity contribution in [3.8, 4) is 5.88 Å². The SMILES string of the molecule is Cn1cc(CN2C[C@@H](Oc3ccccn3)[C@H]3OCCC[C@H]32)cn1.O=C(O)C(F)(F)F.O=C(O)C(F)(F)F.O=C(O)C(F)(F)F. The van der Waals surface area contributed by atoms with Gasteiger partial charge >= 0.3 is 36.4 Å². The number of carbonyl (C=O) groups is 3. The Morgan fingerprint density at radius 3 is 1.89 bits per heavy atom. The minimum atomic E-state index is -5.08. The van der Waals surface area contributed by atoms with Gasteiger partial charge in [-0.2, -0.15) is 44.6 Å². The molecule has 44 heavy (non-hydrogen) atoms. The second kappa shape index (κ2) is 16.1. The van der Waals surface area contributed by atoms with E-state index in [0.29, 0.717) is 11.9 Å². The van der Waals surface area contributed by atoms with Crippen molar-refractivity contribution in [3.05, 3.63) is 42.4 Å². The van der Waals surface area contributed by atoms with Crippen LogP contribution in [0.3, 0.4) is 0 Å². The first kappa shape index (κ1) is 37.9. The van der Waals surface area contributed by atoms with Crippen molar-refractivity contribution in [2.24, 2.45) is 7.05 Å². The normalized spacial score (nSPS) is 19.9. The standard InChI is InChI=1S/C17H22N4O2.3C2HF3O2/c1-20-10-13(9-19-20)11-21-12-15(17-14(21)5-4-8-22-17)23-16-6-2-3-7-18-16;3*3-2(4,5)1(6)7/h2-3,6-7,9-10,14-15,17H,4-5,8,11-12H2,1H3;3*(H,6,7)/t14-,15-,17+;;;/m1.../s1. The lowest BCUT2D eigenvalue weighted by Crippen LogP contribution is -2.42. The summed E-state index contributed by atoms with van der Waals surface area (Å²) in [5.74, 6) is -7.60. The summed E-state index contributed by atoms with van der Waals surface area (Å²) in [4.78, 5) is 33.4. The second-order valence-corrected chi connectivity index (χ2v) is 8.73. The molecule has 0 aliphatic carbocycles. The minimum Gasteiger partial charge on any atom is -0.475 e. The molecule has 2 fully saturated rings. The minimum absolute atomic E-state index is 0.0341. The fourth-order valence-corrected chi connectivity index (χ4v) is 3.65. The van der Waals surface area contributed by atoms with E-state index in [1.165, 1.54) is 5.56 Å². The Hall–Kier alpha value is -4.14. The lowest BCUT2D eigenvalue weighted by atomic mass is 10.0. The van der Waals surface area contributed by atoms with Crippen molar-refractivity contribution < 1.29 is 78.7 Å². The molecule has 0 spiro atoms. The molecule has 21 heteroatoms. The van der Waals surface area contributed by atoms with Crippen molar-refractivity contribution in [1.29, 1.82) is 0 Å². The maximum absolute atomic E-state index is 10.6. The summed E-state index contributed by atoms with van der Waals surface area (Å²) in [6.45, 7) is 2.57. The van der Waals surface area contributed by atoms with Crippen LogP contribution in [0.4, 0.5) is 39.5 Å². The molecule has 2 saturated heterocycles. The molecule has 2 aromatic rings. The number of likely N-dealkylation sites (tertiary alicyclic amines) is 1. The highest BCUT2D eigenvalue weighted by atomic mass is 19.4. The predicted molar refractivity (Wildman–Crippen MR) is 126 cm³/mol. The number of aryl methyl sites for hydroxylation is 1. The summed E-state index contributed by atoms with van der Waals surface area (Å²) in [7, 11) is 1.95. The highest BCUT2D eigenvalue weighted by Crippen LogP contribution is 2.32. The Bertz CT molecular complexity index is 1150. The summed E-state index contributed by atoms with van der Waals surface area (Å²) < 4.78 is 109. The highest BCUT2D eigenvalue weighted by molar-refractivity contribution is 5.73. The number of nitrogens with zero attached hydrogens (tertiary/aromatic N) is 4. The van der Waals surface area contributed by atoms with E-state index in [4.69, 9.17) is 39.2 Å². The third-order valence-corrected chi connectivity index (χ3v) is 5.37. The Morgan fingerprint density at radius 1 is 0.955 bits per heavy atom. The van der Waals surface area contributed by atoms with Crippen LogP contribution in [0.5, 0.6) is 5.88 Å². The van der Waals surface area contributed by atoms with Crippen molar-refractivity contribution in [3.63, 3.8) is 0 Å². The maximum Gasteiger partial charge on any atom is 0.490 e. The van der Waals surface area contributed by atoms with E-state index in [1.807, 2.05) is 36.1 Å². The molecule has 4 rings (SSSR count). The number of alkyl halides is 9. The number of aliphatic carboxylic acids is 3. The number of pyridine rings is 1. The van der Waals surface area contributed by atoms with E-state index < -0.39 is 36.4 Å². The number of fused-ring (bicyclic) bond motifs is 1. The molecule has 0 radical (unpaired) electrons. The van der Waals surface area contributed by atoms with E-state index in [0.717, 1.165) is 32.5 Å². The Labute approximate surface area is 241 Å². The van der Waals surface area contributed by atoms with Crippen LogP contribution in [0, 0.1) is 0 Å². The van der Waals surface area contributed by atoms with Crippen molar-refractivity contribution >= 4 is 17.9 Å². The molecule has 0 unspecified atom stereocenters. The fourth-order valence-electron chi connectivity index (χ4n) is 3.65. The molecular weight excluding hydrogens is 631 g/mol. The molecule has 0 bridgehead atoms. The van der Waals surface area contributed by atoms with Gasteiger partial charge in [0.2, 0.25) is 5.88 Å². The van der Waals surface area contributed by atoms with Gasteiger partial charge in [-0.05, 0) is 18.9 Å². The average Bonchev–Trinajstić information content (AvgIpc) is 3.47. The summed E-state index contributed by atoms with van der Waals surface area (Å²) >= 11 is 0. The zero-order chi connectivity index (χ0) is 33.9. The van der Waals surface area contributed by atoms with Crippen LogP contribution in [-0.4, -0.2) is 103 Å². The van der Waals surface area contributed by atoms with Gasteiger partial charge in [0.15, 0.2) is 0 Å². The van der Waals surface area contributed by atoms with Crippen LogP contribution in [0.15, 0.2) is 36.8 Å². The van der Waals surface area contributed by atoms with Gasteiger partial charge in [0.25, 0.3) is 0 Å². The van der Waals surface area contributed by atoms with Gasteiger partial charge in [0, 0.05) is 56.8 Å². The monoisotopic (exact) mass is 656 g/mol. The number of halogens is 9. The first-order valence-electron chi connectivity index (χ1n) is 11.9. The molecule has 0 amide bonds. The van der Waals surface area contributed by atoms with Crippen LogP contribution in [0.2, 0.25) is 0 Å². The number of carboxylic acid groups (broad SMARTS) is 3. The van der Waals surface area contributed by atoms with Gasteiger partial charge in [-0.15, -0.1) is 0 Å². The van der Waals surface area contributed by atoms with Gasteiger partial charge < -0.3 is 24.8 Å². The van der Waals surface area contributed by atoms with Crippen LogP contribution in [0.1, 0.15) is 18.4 Å². The summed E-state index contributed by atoms with van der Waals surface area (Å²) in [6, 6.07) is 6.17. The maximum atomic E-state index is 10.6. The average molecular weight is 656 g/mol. The topological polar surface area (TPSA) is 164 Å². The van der Waals surface area contributed by atoms with Crippen molar-refractivity contribution in [2.75, 3.05) is 13.2 Å². The lowest BCUT2D eigenvalue weighted by molar-refractivity contribution is -0.193. The van der Waals surface area contributed by atoms with Crippen LogP contribution < -0.4 is 4.74 Å². The molecule has 12 nitrogen and oxygen atoms in total. The van der Waals surface area contributed by atoms with Gasteiger partial charge in [0.05, 0.1) is 6.20 Å². The smallest absolute Gasteiger partial charge is 0.475 e. The van der Waals surface area contributed by atoms with E-state index in [-0.39, 0.29) is 12.2 Å². The number of hydrogen-bond acceptors (Lipinski definition) is 8. The lowest BCUT2D eigenvalue weighted by Gasteiger charge is -2.32. The molecule has 2 aromatic heterocycles. The number of aromatic nitrogens is 3. The molecule has 3 atom stereocenters. The van der Waals surface area contributed by atoms with Gasteiger partial charge in [-0.3, -0.25) is 9.58 Å². The number of rotatable bonds is 4. The molecule has 0 saturated carbocycles. The van der Waals surface area contributed by atoms with E-state index >= 15 is 0 Å². The highest BCUT2D eigenvalue weighted by Gasteiger charge is 2.45.